The summed E-state index contributed by atoms with van der Waals surface area (Å²) in [5.41, 5.74) is 6.14. The molecule has 4 atom stereocenters. The van der Waals surface area contributed by atoms with Crippen molar-refractivity contribution in [2.24, 2.45) is 17.6 Å². The number of imidazole rings is 1. The van der Waals surface area contributed by atoms with E-state index < -0.39 is 47.6 Å². The Balaban J connectivity index is 1.54. The zero-order valence-corrected chi connectivity index (χ0v) is 22.6. The van der Waals surface area contributed by atoms with Crippen molar-refractivity contribution in [3.63, 3.8) is 0 Å². The zero-order chi connectivity index (χ0) is 28.2. The number of hydrogen-bond acceptors (Lipinski definition) is 10. The van der Waals surface area contributed by atoms with Gasteiger partial charge in [-0.1, -0.05) is 6.92 Å². The number of aliphatic carboxylic acids is 2. The van der Waals surface area contributed by atoms with Crippen LogP contribution < -0.4 is 15.4 Å². The van der Waals surface area contributed by atoms with Crippen LogP contribution in [0, 0.1) is 11.8 Å². The third-order valence-corrected chi connectivity index (χ3v) is 9.06. The molecule has 2 aliphatic rings. The van der Waals surface area contributed by atoms with Crippen molar-refractivity contribution in [2.75, 3.05) is 12.3 Å². The third-order valence-electron chi connectivity index (χ3n) is 6.92. The molecule has 0 saturated carbocycles. The minimum Gasteiger partial charge on any atom is -0.543 e. The van der Waals surface area contributed by atoms with E-state index in [2.05, 4.69) is 4.98 Å². The van der Waals surface area contributed by atoms with Crippen molar-refractivity contribution in [3.05, 3.63) is 52.8 Å². The van der Waals surface area contributed by atoms with Crippen LogP contribution >= 0.6 is 23.1 Å². The molecule has 5 rings (SSSR count). The molecule has 0 bridgehead atoms. The van der Waals surface area contributed by atoms with Crippen LogP contribution in [0.5, 0.6) is 0 Å². The topological polar surface area (TPSA) is 182 Å². The summed E-state index contributed by atoms with van der Waals surface area (Å²) in [4.78, 5) is 56.8. The van der Waals surface area contributed by atoms with Crippen LogP contribution in [-0.2, 0) is 20.9 Å². The molecule has 3 aromatic heterocycles. The summed E-state index contributed by atoms with van der Waals surface area (Å²) in [7, 11) is 0. The highest BCUT2D eigenvalue weighted by Crippen LogP contribution is 2.51. The molecule has 3 aromatic rings. The summed E-state index contributed by atoms with van der Waals surface area (Å²) in [6, 6.07) is 1.16. The number of aliphatic hydroxyl groups is 1. The minimum atomic E-state index is -1.49. The number of aliphatic hydroxyl groups excluding tert-OH is 1. The smallest absolute Gasteiger partial charge is 0.370 e. The Bertz CT molecular complexity index is 1560. The SMILES string of the molecule is C[C@@H](O)[C@H]1C(=O)N2C(C(=O)[O-])=C(c3cn4cnc(C(=O)c5cc(SCCN)c[n+](CC(=O)O)c5)c4s3)[C@H](C)[C@H]12. The van der Waals surface area contributed by atoms with Gasteiger partial charge in [0.15, 0.2) is 12.4 Å². The lowest BCUT2D eigenvalue weighted by molar-refractivity contribution is -0.687. The molecule has 39 heavy (non-hydrogen) atoms. The molecule has 0 spiro atoms. The summed E-state index contributed by atoms with van der Waals surface area (Å²) in [6.45, 7) is 3.38. The van der Waals surface area contributed by atoms with E-state index in [4.69, 9.17) is 5.73 Å². The highest BCUT2D eigenvalue weighted by atomic mass is 32.2. The van der Waals surface area contributed by atoms with Crippen molar-refractivity contribution < 1.29 is 39.1 Å². The first-order valence-electron chi connectivity index (χ1n) is 12.1. The van der Waals surface area contributed by atoms with E-state index in [1.165, 1.54) is 40.7 Å². The van der Waals surface area contributed by atoms with Gasteiger partial charge in [0, 0.05) is 30.0 Å². The van der Waals surface area contributed by atoms with Crippen molar-refractivity contribution in [1.29, 1.82) is 0 Å². The maximum atomic E-state index is 13.6. The maximum Gasteiger partial charge on any atom is 0.370 e. The predicted octanol–water partition coefficient (Wildman–Crippen LogP) is -0.632. The molecule has 1 amide bonds. The van der Waals surface area contributed by atoms with Crippen molar-refractivity contribution in [3.8, 4) is 0 Å². The molecule has 4 N–H and O–H groups in total. The summed E-state index contributed by atoms with van der Waals surface area (Å²) in [5, 5.41) is 31.5. The number of aromatic nitrogens is 3. The average Bonchev–Trinajstić information content (AvgIpc) is 3.51. The number of carbonyl (C=O) groups is 4. The van der Waals surface area contributed by atoms with E-state index in [9.17, 15) is 34.5 Å². The van der Waals surface area contributed by atoms with Crippen molar-refractivity contribution in [2.45, 2.75) is 37.4 Å². The fourth-order valence-electron chi connectivity index (χ4n) is 5.33. The average molecular weight is 572 g/mol. The molecule has 0 aliphatic carbocycles. The lowest BCUT2D eigenvalue weighted by Crippen LogP contribution is -2.64. The fraction of sp³-hybridized carbons (Fsp3) is 0.360. The number of carboxylic acids is 2. The first-order valence-corrected chi connectivity index (χ1v) is 13.9. The molecule has 14 heteroatoms. The Morgan fingerprint density at radius 1 is 1.33 bits per heavy atom. The molecule has 2 aliphatic heterocycles. The lowest BCUT2D eigenvalue weighted by Gasteiger charge is -2.47. The third kappa shape index (κ3) is 4.52. The molecular formula is C25H25N5O7S2. The summed E-state index contributed by atoms with van der Waals surface area (Å²) in [6.07, 6.45) is 5.25. The number of carbonyl (C=O) groups excluding carboxylic acids is 3. The van der Waals surface area contributed by atoms with Crippen molar-refractivity contribution >= 4 is 57.1 Å². The molecule has 1 saturated heterocycles. The van der Waals surface area contributed by atoms with Gasteiger partial charge in [0.1, 0.15) is 16.9 Å². The van der Waals surface area contributed by atoms with Gasteiger partial charge in [-0.2, -0.15) is 4.57 Å². The van der Waals surface area contributed by atoms with Crippen molar-refractivity contribution in [1.82, 2.24) is 14.3 Å². The molecule has 1 fully saturated rings. The zero-order valence-electron chi connectivity index (χ0n) is 20.9. The van der Waals surface area contributed by atoms with E-state index in [0.717, 1.165) is 11.3 Å². The van der Waals surface area contributed by atoms with Crippen LogP contribution in [0.25, 0.3) is 10.4 Å². The number of nitrogens with zero attached hydrogens (tertiary/aromatic N) is 4. The minimum absolute atomic E-state index is 0.122. The van der Waals surface area contributed by atoms with Crippen LogP contribution in [0.1, 0.15) is 34.8 Å². The fourth-order valence-corrected chi connectivity index (χ4v) is 7.32. The second-order valence-corrected chi connectivity index (χ2v) is 11.7. The Kier molecular flexibility index (Phi) is 7.05. The molecular weight excluding hydrogens is 546 g/mol. The van der Waals surface area contributed by atoms with Gasteiger partial charge in [0.2, 0.25) is 18.2 Å². The van der Waals surface area contributed by atoms with Gasteiger partial charge in [-0.15, -0.1) is 23.1 Å². The van der Waals surface area contributed by atoms with Crippen LogP contribution in [-0.4, -0.2) is 72.6 Å². The first kappa shape index (κ1) is 27.0. The first-order chi connectivity index (χ1) is 18.5. The number of amides is 1. The molecule has 0 unspecified atom stereocenters. The molecule has 0 aromatic carbocycles. The largest absolute Gasteiger partial charge is 0.543 e. The monoisotopic (exact) mass is 571 g/mol. The van der Waals surface area contributed by atoms with E-state index in [1.807, 2.05) is 0 Å². The number of rotatable bonds is 10. The summed E-state index contributed by atoms with van der Waals surface area (Å²) in [5.74, 6) is -3.95. The number of thioether (sulfide) groups is 1. The van der Waals surface area contributed by atoms with Gasteiger partial charge in [0.25, 0.3) is 0 Å². The van der Waals surface area contributed by atoms with Gasteiger partial charge in [-0.05, 0) is 13.0 Å². The Morgan fingerprint density at radius 2 is 2.08 bits per heavy atom. The van der Waals surface area contributed by atoms with Crippen LogP contribution in [0.2, 0.25) is 0 Å². The van der Waals surface area contributed by atoms with Crippen LogP contribution in [0.15, 0.2) is 41.6 Å². The van der Waals surface area contributed by atoms with Gasteiger partial charge in [-0.3, -0.25) is 14.0 Å². The summed E-state index contributed by atoms with van der Waals surface area (Å²) < 4.78 is 3.03. The number of ketones is 1. The Labute approximate surface area is 230 Å². The summed E-state index contributed by atoms with van der Waals surface area (Å²) >= 11 is 2.55. The number of pyridine rings is 1. The van der Waals surface area contributed by atoms with E-state index in [1.54, 1.807) is 29.8 Å². The van der Waals surface area contributed by atoms with Crippen LogP contribution in [0.4, 0.5) is 0 Å². The Hall–Kier alpha value is -3.59. The van der Waals surface area contributed by atoms with Gasteiger partial charge < -0.3 is 30.7 Å². The van der Waals surface area contributed by atoms with Gasteiger partial charge in [-0.25, -0.2) is 9.78 Å². The van der Waals surface area contributed by atoms with Gasteiger partial charge in [0.05, 0.1) is 45.1 Å². The highest BCUT2D eigenvalue weighted by Gasteiger charge is 2.58. The van der Waals surface area contributed by atoms with E-state index >= 15 is 0 Å². The standard InChI is InChI=1S/C25H25N5O7S2/c1-11-17(21(25(36)37)30-20(11)18(12(2)31)23(30)35)15-8-29-10-27-19(24(29)39-15)22(34)13-5-14(38-4-3-26)7-28(6-13)9-16(32)33/h5-8,10-12,18,20,31H,3-4,9,26H2,1-2H3,(H-,32,33,36,37)/t11-,12+,18+,20+/m0/s1. The number of carboxylic acid groups (broad SMARTS) is 2. The second-order valence-electron chi connectivity index (χ2n) is 9.50. The number of β-lactam (4-membered cyclic amide) rings is 1. The molecule has 0 radical (unpaired) electrons. The normalized spacial score (nSPS) is 21.3. The Morgan fingerprint density at radius 3 is 2.72 bits per heavy atom. The van der Waals surface area contributed by atoms with E-state index in [0.29, 0.717) is 32.5 Å². The van der Waals surface area contributed by atoms with E-state index in [-0.39, 0.29) is 23.5 Å². The lowest BCUT2D eigenvalue weighted by atomic mass is 9.77. The van der Waals surface area contributed by atoms with Crippen LogP contribution in [0.3, 0.4) is 0 Å². The second kappa shape index (κ2) is 10.2. The number of hydrogen-bond donors (Lipinski definition) is 3. The number of thiazole rings is 1. The number of fused-ring (bicyclic) bond motifs is 2. The highest BCUT2D eigenvalue weighted by molar-refractivity contribution is 7.99. The molecule has 5 heterocycles. The number of nitrogens with two attached hydrogens (primary N) is 1. The molecule has 204 valence electrons. The molecule has 12 nitrogen and oxygen atoms in total. The predicted molar refractivity (Wildman–Crippen MR) is 137 cm³/mol. The maximum absolute atomic E-state index is 13.6. The van der Waals surface area contributed by atoms with Gasteiger partial charge >= 0.3 is 5.97 Å². The quantitative estimate of drug-likeness (QED) is 0.123.